The number of nitrogens with one attached hydrogen (secondary N) is 1. The minimum Gasteiger partial charge on any atom is -0.464 e. The second-order valence-corrected chi connectivity index (χ2v) is 6.51. The lowest BCUT2D eigenvalue weighted by molar-refractivity contribution is -0.146. The van der Waals surface area contributed by atoms with E-state index >= 15 is 0 Å². The smallest absolute Gasteiger partial charge is 0.330 e. The van der Waals surface area contributed by atoms with Crippen molar-refractivity contribution in [2.75, 3.05) is 6.61 Å². The molecule has 0 saturated carbocycles. The van der Waals surface area contributed by atoms with E-state index in [4.69, 9.17) is 4.74 Å². The van der Waals surface area contributed by atoms with Crippen LogP contribution in [0.15, 0.2) is 67.3 Å². The molecule has 1 atom stereocenters. The summed E-state index contributed by atoms with van der Waals surface area (Å²) in [4.78, 5) is 29.0. The number of benzene rings is 2. The highest BCUT2D eigenvalue weighted by molar-refractivity contribution is 5.97. The zero-order chi connectivity index (χ0) is 20.6. The number of esters is 1. The number of rotatable bonds is 8. The Kier molecular flexibility index (Phi) is 6.73. The van der Waals surface area contributed by atoms with Crippen LogP contribution in [0.25, 0.3) is 11.1 Å². The van der Waals surface area contributed by atoms with Crippen molar-refractivity contribution in [3.8, 4) is 11.1 Å². The summed E-state index contributed by atoms with van der Waals surface area (Å²) in [5, 5.41) is 2.71. The van der Waals surface area contributed by atoms with E-state index in [1.807, 2.05) is 6.92 Å². The van der Waals surface area contributed by atoms with Crippen LogP contribution in [0, 0.1) is 5.82 Å². The van der Waals surface area contributed by atoms with Crippen LogP contribution in [0.3, 0.4) is 0 Å². The molecular formula is C22H22FN3O3. The molecular weight excluding hydrogens is 373 g/mol. The van der Waals surface area contributed by atoms with Gasteiger partial charge >= 0.3 is 5.97 Å². The number of nitrogens with zero attached hydrogens (tertiary/aromatic N) is 2. The minimum absolute atomic E-state index is 0.210. The number of halogens is 1. The zero-order valence-electron chi connectivity index (χ0n) is 16.0. The third kappa shape index (κ3) is 5.28. The van der Waals surface area contributed by atoms with Crippen molar-refractivity contribution < 1.29 is 18.7 Å². The van der Waals surface area contributed by atoms with E-state index in [1.54, 1.807) is 65.8 Å². The van der Waals surface area contributed by atoms with E-state index in [9.17, 15) is 14.0 Å². The predicted octanol–water partition coefficient (Wildman–Crippen LogP) is 3.44. The van der Waals surface area contributed by atoms with Crippen molar-refractivity contribution in [3.63, 3.8) is 0 Å². The fourth-order valence-electron chi connectivity index (χ4n) is 2.83. The standard InChI is InChI=1S/C22H22FN3O3/c1-2-13-29-22(28)20(14-26-12-11-24-15-26)25-21(27)17-9-7-16(8-10-17)18-5-3-4-6-19(18)23/h3-12,15,20H,2,13-14H2,1H3,(H,25,27)/t20-/m0/s1. The first-order valence-corrected chi connectivity index (χ1v) is 9.36. The number of carbonyl (C=O) groups is 2. The molecule has 0 aliphatic rings. The Bertz CT molecular complexity index is 956. The van der Waals surface area contributed by atoms with Gasteiger partial charge in [-0.1, -0.05) is 37.3 Å². The Balaban J connectivity index is 1.73. The zero-order valence-corrected chi connectivity index (χ0v) is 16.0. The molecule has 0 aliphatic carbocycles. The number of aromatic nitrogens is 2. The van der Waals surface area contributed by atoms with Gasteiger partial charge in [0.25, 0.3) is 5.91 Å². The molecule has 0 saturated heterocycles. The molecule has 3 rings (SSSR count). The molecule has 0 fully saturated rings. The second kappa shape index (κ2) is 9.64. The highest BCUT2D eigenvalue weighted by Gasteiger charge is 2.23. The third-order valence-corrected chi connectivity index (χ3v) is 4.32. The van der Waals surface area contributed by atoms with E-state index in [0.717, 1.165) is 0 Å². The summed E-state index contributed by atoms with van der Waals surface area (Å²) in [5.41, 5.74) is 1.49. The monoisotopic (exact) mass is 395 g/mol. The largest absolute Gasteiger partial charge is 0.464 e. The number of hydrogen-bond acceptors (Lipinski definition) is 4. The van der Waals surface area contributed by atoms with Crippen LogP contribution in [0.5, 0.6) is 0 Å². The van der Waals surface area contributed by atoms with E-state index in [-0.39, 0.29) is 19.0 Å². The van der Waals surface area contributed by atoms with Gasteiger partial charge in [-0.2, -0.15) is 0 Å². The maximum absolute atomic E-state index is 13.9. The molecule has 7 heteroatoms. The lowest BCUT2D eigenvalue weighted by Gasteiger charge is -2.18. The van der Waals surface area contributed by atoms with Crippen molar-refractivity contribution in [3.05, 3.63) is 78.6 Å². The molecule has 29 heavy (non-hydrogen) atoms. The van der Waals surface area contributed by atoms with Crippen molar-refractivity contribution >= 4 is 11.9 Å². The van der Waals surface area contributed by atoms with Crippen LogP contribution in [0.1, 0.15) is 23.7 Å². The van der Waals surface area contributed by atoms with Crippen molar-refractivity contribution in [2.45, 2.75) is 25.9 Å². The Morgan fingerprint density at radius 3 is 2.59 bits per heavy atom. The molecule has 1 heterocycles. The number of hydrogen-bond donors (Lipinski definition) is 1. The Morgan fingerprint density at radius 1 is 1.17 bits per heavy atom. The highest BCUT2D eigenvalue weighted by Crippen LogP contribution is 2.22. The Labute approximate surface area is 168 Å². The molecule has 1 N–H and O–H groups in total. The van der Waals surface area contributed by atoms with Gasteiger partial charge in [0.2, 0.25) is 0 Å². The minimum atomic E-state index is -0.852. The van der Waals surface area contributed by atoms with E-state index in [2.05, 4.69) is 10.3 Å². The summed E-state index contributed by atoms with van der Waals surface area (Å²) in [6.45, 7) is 2.39. The van der Waals surface area contributed by atoms with Crippen LogP contribution < -0.4 is 5.32 Å². The van der Waals surface area contributed by atoms with Gasteiger partial charge in [-0.15, -0.1) is 0 Å². The van der Waals surface area contributed by atoms with Gasteiger partial charge in [0.05, 0.1) is 19.5 Å². The Hall–Kier alpha value is -3.48. The third-order valence-electron chi connectivity index (χ3n) is 4.32. The van der Waals surface area contributed by atoms with Crippen LogP contribution in [-0.2, 0) is 16.1 Å². The fraction of sp³-hybridized carbons (Fsp3) is 0.227. The summed E-state index contributed by atoms with van der Waals surface area (Å²) in [7, 11) is 0. The quantitative estimate of drug-likeness (QED) is 0.593. The van der Waals surface area contributed by atoms with Gasteiger partial charge < -0.3 is 14.6 Å². The average Bonchev–Trinajstić information content (AvgIpc) is 3.25. The molecule has 0 spiro atoms. The normalized spacial score (nSPS) is 11.7. The summed E-state index contributed by atoms with van der Waals surface area (Å²) in [5.74, 6) is -1.25. The van der Waals surface area contributed by atoms with Gasteiger partial charge in [-0.25, -0.2) is 14.2 Å². The summed E-state index contributed by atoms with van der Waals surface area (Å²) in [6, 6.07) is 12.1. The number of ether oxygens (including phenoxy) is 1. The van der Waals surface area contributed by atoms with Crippen molar-refractivity contribution in [2.24, 2.45) is 0 Å². The molecule has 1 amide bonds. The van der Waals surface area contributed by atoms with Crippen molar-refractivity contribution in [1.29, 1.82) is 0 Å². The molecule has 0 unspecified atom stereocenters. The van der Waals surface area contributed by atoms with Crippen LogP contribution in [0.2, 0.25) is 0 Å². The molecule has 0 aliphatic heterocycles. The number of amides is 1. The molecule has 0 radical (unpaired) electrons. The topological polar surface area (TPSA) is 73.2 Å². The molecule has 2 aromatic carbocycles. The number of imidazole rings is 1. The first kappa shape index (κ1) is 20.3. The average molecular weight is 395 g/mol. The maximum atomic E-state index is 13.9. The molecule has 6 nitrogen and oxygen atoms in total. The molecule has 0 bridgehead atoms. The van der Waals surface area contributed by atoms with Gasteiger partial charge in [0, 0.05) is 23.5 Å². The molecule has 150 valence electrons. The van der Waals surface area contributed by atoms with Gasteiger partial charge in [0.1, 0.15) is 11.9 Å². The van der Waals surface area contributed by atoms with E-state index < -0.39 is 17.9 Å². The first-order valence-electron chi connectivity index (χ1n) is 9.36. The van der Waals surface area contributed by atoms with Crippen molar-refractivity contribution in [1.82, 2.24) is 14.9 Å². The Morgan fingerprint density at radius 2 is 1.93 bits per heavy atom. The SMILES string of the molecule is CCCOC(=O)[C@H](Cn1ccnc1)NC(=O)c1ccc(-c2ccccc2F)cc1. The van der Waals surface area contributed by atoms with Crippen LogP contribution >= 0.6 is 0 Å². The van der Waals surface area contributed by atoms with E-state index in [1.165, 1.54) is 6.07 Å². The lowest BCUT2D eigenvalue weighted by atomic mass is 10.0. The van der Waals surface area contributed by atoms with Crippen LogP contribution in [-0.4, -0.2) is 34.1 Å². The van der Waals surface area contributed by atoms with E-state index in [0.29, 0.717) is 23.1 Å². The fourth-order valence-corrected chi connectivity index (χ4v) is 2.83. The lowest BCUT2D eigenvalue weighted by Crippen LogP contribution is -2.44. The van der Waals surface area contributed by atoms with Gasteiger partial charge in [-0.3, -0.25) is 4.79 Å². The van der Waals surface area contributed by atoms with Gasteiger partial charge in [0.15, 0.2) is 0 Å². The highest BCUT2D eigenvalue weighted by atomic mass is 19.1. The summed E-state index contributed by atoms with van der Waals surface area (Å²) < 4.78 is 20.8. The molecule has 1 aromatic heterocycles. The summed E-state index contributed by atoms with van der Waals surface area (Å²) >= 11 is 0. The first-order chi connectivity index (χ1) is 14.1. The summed E-state index contributed by atoms with van der Waals surface area (Å²) in [6.07, 6.45) is 5.55. The second-order valence-electron chi connectivity index (χ2n) is 6.51. The van der Waals surface area contributed by atoms with Crippen LogP contribution in [0.4, 0.5) is 4.39 Å². The van der Waals surface area contributed by atoms with Gasteiger partial charge in [-0.05, 0) is 30.2 Å². The predicted molar refractivity (Wildman–Crippen MR) is 107 cm³/mol. The molecule has 3 aromatic rings. The number of carbonyl (C=O) groups excluding carboxylic acids is 2. The maximum Gasteiger partial charge on any atom is 0.330 e.